The average molecular weight is 386 g/mol. The minimum Gasteiger partial charge on any atom is -0.492 e. The fourth-order valence-electron chi connectivity index (χ4n) is 3.60. The number of hydrogen-bond acceptors (Lipinski definition) is 3. The van der Waals surface area contributed by atoms with Crippen LogP contribution in [0.15, 0.2) is 84.9 Å². The highest BCUT2D eigenvalue weighted by Crippen LogP contribution is 2.35. The lowest BCUT2D eigenvalue weighted by molar-refractivity contribution is -0.130. The highest BCUT2D eigenvalue weighted by Gasteiger charge is 2.53. The molecule has 0 saturated carbocycles. The van der Waals surface area contributed by atoms with Crippen LogP contribution < -0.4 is 10.1 Å². The number of rotatable bonds is 6. The average Bonchev–Trinajstić information content (AvgIpc) is 3.02. The first-order chi connectivity index (χ1) is 14.1. The van der Waals surface area contributed by atoms with Crippen molar-refractivity contribution in [1.29, 1.82) is 0 Å². The summed E-state index contributed by atoms with van der Waals surface area (Å²) in [7, 11) is 0. The number of nitrogens with zero attached hydrogens (tertiary/aromatic N) is 1. The van der Waals surface area contributed by atoms with Crippen molar-refractivity contribution in [2.45, 2.75) is 12.5 Å². The molecule has 0 spiro atoms. The van der Waals surface area contributed by atoms with E-state index in [1.807, 2.05) is 91.9 Å². The molecule has 1 N–H and O–H groups in total. The van der Waals surface area contributed by atoms with E-state index in [4.69, 9.17) is 4.74 Å². The van der Waals surface area contributed by atoms with Gasteiger partial charge in [-0.05, 0) is 30.2 Å². The van der Waals surface area contributed by atoms with Crippen molar-refractivity contribution in [2.24, 2.45) is 0 Å². The van der Waals surface area contributed by atoms with E-state index in [0.717, 1.165) is 16.7 Å². The van der Waals surface area contributed by atoms with Gasteiger partial charge in [0, 0.05) is 0 Å². The van der Waals surface area contributed by atoms with Gasteiger partial charge in [0.25, 0.3) is 5.91 Å². The maximum Gasteiger partial charge on any atom is 0.325 e. The zero-order valence-corrected chi connectivity index (χ0v) is 16.2. The van der Waals surface area contributed by atoms with Gasteiger partial charge in [-0.3, -0.25) is 9.69 Å². The number of aryl methyl sites for hydroxylation is 1. The lowest BCUT2D eigenvalue weighted by Crippen LogP contribution is -2.45. The van der Waals surface area contributed by atoms with Crippen LogP contribution in [0.2, 0.25) is 0 Å². The highest BCUT2D eigenvalue weighted by atomic mass is 16.5. The normalized spacial score (nSPS) is 15.3. The van der Waals surface area contributed by atoms with Crippen LogP contribution in [-0.4, -0.2) is 30.0 Å². The Morgan fingerprint density at radius 2 is 1.38 bits per heavy atom. The predicted molar refractivity (Wildman–Crippen MR) is 111 cm³/mol. The van der Waals surface area contributed by atoms with E-state index in [1.165, 1.54) is 4.90 Å². The Balaban J connectivity index is 1.59. The highest BCUT2D eigenvalue weighted by molar-refractivity contribution is 6.09. The Labute approximate surface area is 169 Å². The fourth-order valence-corrected chi connectivity index (χ4v) is 3.60. The van der Waals surface area contributed by atoms with Gasteiger partial charge in [-0.2, -0.15) is 0 Å². The van der Waals surface area contributed by atoms with E-state index < -0.39 is 11.6 Å². The van der Waals surface area contributed by atoms with E-state index >= 15 is 0 Å². The molecule has 0 bridgehead atoms. The molecule has 0 aliphatic carbocycles. The number of amides is 3. The molecule has 4 rings (SSSR count). The smallest absolute Gasteiger partial charge is 0.325 e. The van der Waals surface area contributed by atoms with E-state index in [1.54, 1.807) is 0 Å². The second kappa shape index (κ2) is 7.80. The maximum absolute atomic E-state index is 13.5. The minimum absolute atomic E-state index is 0.167. The Bertz CT molecular complexity index is 962. The van der Waals surface area contributed by atoms with Crippen molar-refractivity contribution in [3.05, 3.63) is 102 Å². The molecule has 1 aliphatic rings. The number of ether oxygens (including phenoxy) is 1. The molecular formula is C24H22N2O3. The van der Waals surface area contributed by atoms with E-state index in [0.29, 0.717) is 5.75 Å². The van der Waals surface area contributed by atoms with Gasteiger partial charge in [0.15, 0.2) is 5.54 Å². The largest absolute Gasteiger partial charge is 0.492 e. The molecule has 1 heterocycles. The first kappa shape index (κ1) is 18.7. The van der Waals surface area contributed by atoms with Crippen molar-refractivity contribution in [3.63, 3.8) is 0 Å². The topological polar surface area (TPSA) is 58.6 Å². The maximum atomic E-state index is 13.5. The molecule has 3 amide bonds. The molecule has 5 nitrogen and oxygen atoms in total. The minimum atomic E-state index is -1.23. The second-order valence-electron chi connectivity index (χ2n) is 7.03. The Morgan fingerprint density at radius 3 is 1.93 bits per heavy atom. The number of hydrogen-bond donors (Lipinski definition) is 1. The van der Waals surface area contributed by atoms with Crippen LogP contribution >= 0.6 is 0 Å². The number of carbonyl (C=O) groups is 2. The van der Waals surface area contributed by atoms with Crippen molar-refractivity contribution in [3.8, 4) is 5.75 Å². The van der Waals surface area contributed by atoms with Crippen molar-refractivity contribution in [1.82, 2.24) is 10.2 Å². The predicted octanol–water partition coefficient (Wildman–Crippen LogP) is 3.87. The van der Waals surface area contributed by atoms with E-state index in [9.17, 15) is 9.59 Å². The molecule has 1 aliphatic heterocycles. The van der Waals surface area contributed by atoms with Gasteiger partial charge in [-0.25, -0.2) is 4.79 Å². The monoisotopic (exact) mass is 386 g/mol. The molecular weight excluding hydrogens is 364 g/mol. The molecule has 1 fully saturated rings. The van der Waals surface area contributed by atoms with Gasteiger partial charge in [0.1, 0.15) is 12.4 Å². The van der Waals surface area contributed by atoms with Crippen LogP contribution in [0.25, 0.3) is 0 Å². The number of carbonyl (C=O) groups excluding carboxylic acids is 2. The molecule has 146 valence electrons. The molecule has 0 radical (unpaired) electrons. The molecule has 1 saturated heterocycles. The Kier molecular flexibility index (Phi) is 5.04. The van der Waals surface area contributed by atoms with Crippen molar-refractivity contribution < 1.29 is 14.3 Å². The molecule has 3 aromatic rings. The van der Waals surface area contributed by atoms with Gasteiger partial charge in [0.05, 0.1) is 6.54 Å². The summed E-state index contributed by atoms with van der Waals surface area (Å²) < 4.78 is 5.73. The van der Waals surface area contributed by atoms with Gasteiger partial charge >= 0.3 is 6.03 Å². The lowest BCUT2D eigenvalue weighted by Gasteiger charge is -2.28. The zero-order chi connectivity index (χ0) is 20.3. The molecule has 3 aromatic carbocycles. The summed E-state index contributed by atoms with van der Waals surface area (Å²) in [4.78, 5) is 27.5. The van der Waals surface area contributed by atoms with Crippen LogP contribution in [0.5, 0.6) is 5.75 Å². The first-order valence-corrected chi connectivity index (χ1v) is 9.56. The fraction of sp³-hybridized carbons (Fsp3) is 0.167. The Morgan fingerprint density at radius 1 is 0.828 bits per heavy atom. The summed E-state index contributed by atoms with van der Waals surface area (Å²) in [5.74, 6) is 0.410. The third-order valence-corrected chi connectivity index (χ3v) is 5.12. The molecule has 29 heavy (non-hydrogen) atoms. The van der Waals surface area contributed by atoms with Gasteiger partial charge in [-0.1, -0.05) is 78.4 Å². The quantitative estimate of drug-likeness (QED) is 0.655. The van der Waals surface area contributed by atoms with Crippen LogP contribution in [0, 0.1) is 6.92 Å². The van der Waals surface area contributed by atoms with Crippen molar-refractivity contribution in [2.75, 3.05) is 13.2 Å². The van der Waals surface area contributed by atoms with Crippen molar-refractivity contribution >= 4 is 11.9 Å². The lowest BCUT2D eigenvalue weighted by atomic mass is 9.82. The van der Waals surface area contributed by atoms with Crippen LogP contribution in [0.4, 0.5) is 4.79 Å². The second-order valence-corrected chi connectivity index (χ2v) is 7.03. The van der Waals surface area contributed by atoms with Crippen LogP contribution in [-0.2, 0) is 10.3 Å². The van der Waals surface area contributed by atoms with Gasteiger partial charge in [0.2, 0.25) is 0 Å². The number of nitrogens with one attached hydrogen (secondary N) is 1. The van der Waals surface area contributed by atoms with E-state index in [-0.39, 0.29) is 19.1 Å². The Hall–Kier alpha value is -3.60. The summed E-state index contributed by atoms with van der Waals surface area (Å²) in [6.07, 6.45) is 0. The summed E-state index contributed by atoms with van der Waals surface area (Å²) in [6.45, 7) is 2.39. The van der Waals surface area contributed by atoms with Gasteiger partial charge < -0.3 is 10.1 Å². The zero-order valence-electron chi connectivity index (χ0n) is 16.2. The third-order valence-electron chi connectivity index (χ3n) is 5.12. The molecule has 0 atom stereocenters. The number of benzene rings is 3. The van der Waals surface area contributed by atoms with E-state index in [2.05, 4.69) is 5.32 Å². The summed E-state index contributed by atoms with van der Waals surface area (Å²) in [5, 5.41) is 2.94. The van der Waals surface area contributed by atoms with Crippen LogP contribution in [0.1, 0.15) is 16.7 Å². The summed E-state index contributed by atoms with van der Waals surface area (Å²) in [6, 6.07) is 25.9. The summed E-state index contributed by atoms with van der Waals surface area (Å²) in [5.41, 5.74) is 1.36. The van der Waals surface area contributed by atoms with Crippen LogP contribution in [0.3, 0.4) is 0 Å². The number of imide groups is 1. The molecule has 5 heteroatoms. The number of urea groups is 1. The molecule has 0 unspecified atom stereocenters. The summed E-state index contributed by atoms with van der Waals surface area (Å²) >= 11 is 0. The SMILES string of the molecule is Cc1ccc(OCCN2C(=O)NC(c3ccccc3)(c3ccccc3)C2=O)cc1. The standard InChI is InChI=1S/C24H22N2O3/c1-18-12-14-21(15-13-18)29-17-16-26-22(27)24(25-23(26)28,19-8-4-2-5-9-19)20-10-6-3-7-11-20/h2-15H,16-17H2,1H3,(H,25,28). The third kappa shape index (κ3) is 3.47. The first-order valence-electron chi connectivity index (χ1n) is 9.56. The molecule has 0 aromatic heterocycles. The van der Waals surface area contributed by atoms with Gasteiger partial charge in [-0.15, -0.1) is 0 Å².